The number of hydrogen-bond acceptors (Lipinski definition) is 6. The number of rotatable bonds is 3. The molecule has 0 bridgehead atoms. The number of piperidine rings is 1. The van der Waals surface area contributed by atoms with Crippen molar-refractivity contribution in [2.75, 3.05) is 13.1 Å². The van der Waals surface area contributed by atoms with E-state index in [0.717, 1.165) is 29.3 Å². The van der Waals surface area contributed by atoms with Crippen LogP contribution in [0.3, 0.4) is 0 Å². The summed E-state index contributed by atoms with van der Waals surface area (Å²) < 4.78 is 13.2. The molecule has 0 unspecified atom stereocenters. The van der Waals surface area contributed by atoms with E-state index in [2.05, 4.69) is 27.1 Å². The first kappa shape index (κ1) is 20.0. The minimum atomic E-state index is -0.482. The quantitative estimate of drug-likeness (QED) is 0.594. The molecule has 1 amide bonds. The van der Waals surface area contributed by atoms with E-state index >= 15 is 0 Å². The highest BCUT2D eigenvalue weighted by Gasteiger charge is 2.30. The topological polar surface area (TPSA) is 86.3 Å². The van der Waals surface area contributed by atoms with E-state index in [1.807, 2.05) is 32.9 Å². The van der Waals surface area contributed by atoms with Crippen molar-refractivity contribution >= 4 is 17.0 Å². The molecule has 3 heterocycles. The number of fused-ring (bicyclic) bond motifs is 1. The van der Waals surface area contributed by atoms with Crippen LogP contribution in [0.2, 0.25) is 0 Å². The van der Waals surface area contributed by atoms with Gasteiger partial charge in [-0.25, -0.2) is 4.79 Å². The number of benzene rings is 1. The minimum Gasteiger partial charge on any atom is -0.444 e. The Kier molecular flexibility index (Phi) is 4.95. The Bertz CT molecular complexity index is 1080. The average molecular weight is 424 g/mol. The smallest absolute Gasteiger partial charge is 0.410 e. The molecule has 0 spiro atoms. The van der Waals surface area contributed by atoms with E-state index in [4.69, 9.17) is 14.4 Å². The average Bonchev–Trinajstić information content (AvgIpc) is 3.32. The number of nitrogens with zero attached hydrogens (tertiary/aromatic N) is 5. The van der Waals surface area contributed by atoms with Crippen LogP contribution in [0.1, 0.15) is 70.7 Å². The van der Waals surface area contributed by atoms with Gasteiger partial charge in [-0.1, -0.05) is 17.3 Å². The van der Waals surface area contributed by atoms with Crippen molar-refractivity contribution < 1.29 is 14.1 Å². The second-order valence-corrected chi connectivity index (χ2v) is 9.67. The van der Waals surface area contributed by atoms with Gasteiger partial charge < -0.3 is 14.2 Å². The summed E-state index contributed by atoms with van der Waals surface area (Å²) in [6.07, 6.45) is 7.14. The highest BCUT2D eigenvalue weighted by Crippen LogP contribution is 2.33. The van der Waals surface area contributed by atoms with Crippen molar-refractivity contribution in [2.45, 2.75) is 70.4 Å². The number of hydrogen-bond donors (Lipinski definition) is 0. The molecule has 8 heteroatoms. The number of carbonyl (C=O) groups excluding carboxylic acids is 1. The van der Waals surface area contributed by atoms with Gasteiger partial charge >= 0.3 is 6.09 Å². The summed E-state index contributed by atoms with van der Waals surface area (Å²) in [6.45, 7) is 6.90. The van der Waals surface area contributed by atoms with Crippen LogP contribution < -0.4 is 0 Å². The van der Waals surface area contributed by atoms with Crippen LogP contribution in [-0.2, 0) is 4.74 Å². The van der Waals surface area contributed by atoms with Gasteiger partial charge in [0.25, 0.3) is 0 Å². The third kappa shape index (κ3) is 4.16. The second-order valence-electron chi connectivity index (χ2n) is 9.67. The summed E-state index contributed by atoms with van der Waals surface area (Å²) >= 11 is 0. The van der Waals surface area contributed by atoms with E-state index < -0.39 is 5.60 Å². The lowest BCUT2D eigenvalue weighted by atomic mass is 9.93. The molecule has 1 aromatic carbocycles. The summed E-state index contributed by atoms with van der Waals surface area (Å²) in [4.78, 5) is 18.7. The summed E-state index contributed by atoms with van der Waals surface area (Å²) in [5, 5.41) is 10.1. The Morgan fingerprint density at radius 1 is 1.16 bits per heavy atom. The standard InChI is InChI=1S/C23H29N5O3/c1-23(2,3)30-22(29)27-11-9-15(10-12-27)21-24-20(26-31-21)16-7-8-17-14-28(18-5-4-6-18)25-19(17)13-16/h7-8,13-15,18H,4-6,9-12H2,1-3H3. The largest absolute Gasteiger partial charge is 0.444 e. The van der Waals surface area contributed by atoms with Gasteiger partial charge in [-0.3, -0.25) is 4.68 Å². The Labute approximate surface area is 181 Å². The van der Waals surface area contributed by atoms with E-state index in [9.17, 15) is 4.79 Å². The number of carbonyl (C=O) groups is 1. The third-order valence-corrected chi connectivity index (χ3v) is 6.17. The molecule has 0 atom stereocenters. The van der Waals surface area contributed by atoms with Crippen LogP contribution in [-0.4, -0.2) is 49.6 Å². The maximum absolute atomic E-state index is 12.3. The predicted octanol–water partition coefficient (Wildman–Crippen LogP) is 4.93. The molecule has 5 rings (SSSR count). The Balaban J connectivity index is 1.26. The summed E-state index contributed by atoms with van der Waals surface area (Å²) in [7, 11) is 0. The molecule has 2 fully saturated rings. The van der Waals surface area contributed by atoms with Gasteiger partial charge in [0.15, 0.2) is 0 Å². The van der Waals surface area contributed by atoms with Crippen molar-refractivity contribution in [1.82, 2.24) is 24.8 Å². The van der Waals surface area contributed by atoms with Gasteiger partial charge in [-0.15, -0.1) is 0 Å². The van der Waals surface area contributed by atoms with Gasteiger partial charge in [0.05, 0.1) is 11.6 Å². The van der Waals surface area contributed by atoms with Crippen LogP contribution in [0.25, 0.3) is 22.3 Å². The molecule has 1 aliphatic heterocycles. The van der Waals surface area contributed by atoms with E-state index in [1.165, 1.54) is 19.3 Å². The molecule has 0 radical (unpaired) electrons. The molecule has 1 aliphatic carbocycles. The van der Waals surface area contributed by atoms with E-state index in [0.29, 0.717) is 30.8 Å². The van der Waals surface area contributed by atoms with Crippen molar-refractivity contribution in [3.63, 3.8) is 0 Å². The maximum Gasteiger partial charge on any atom is 0.410 e. The lowest BCUT2D eigenvalue weighted by molar-refractivity contribution is 0.0198. The summed E-state index contributed by atoms with van der Waals surface area (Å²) in [5.74, 6) is 1.38. The van der Waals surface area contributed by atoms with Crippen molar-refractivity contribution in [2.24, 2.45) is 0 Å². The van der Waals surface area contributed by atoms with Gasteiger partial charge in [-0.05, 0) is 58.9 Å². The first-order chi connectivity index (χ1) is 14.9. The van der Waals surface area contributed by atoms with Gasteiger partial charge in [0.1, 0.15) is 5.60 Å². The zero-order valence-corrected chi connectivity index (χ0v) is 18.4. The van der Waals surface area contributed by atoms with Gasteiger partial charge in [0, 0.05) is 36.2 Å². The zero-order valence-electron chi connectivity index (χ0n) is 18.4. The van der Waals surface area contributed by atoms with Crippen LogP contribution in [0.15, 0.2) is 28.9 Å². The Hall–Kier alpha value is -2.90. The van der Waals surface area contributed by atoms with Crippen molar-refractivity contribution in [3.8, 4) is 11.4 Å². The fraction of sp³-hybridized carbons (Fsp3) is 0.565. The molecular weight excluding hydrogens is 394 g/mol. The highest BCUT2D eigenvalue weighted by atomic mass is 16.6. The number of amides is 1. The molecule has 1 saturated heterocycles. The van der Waals surface area contributed by atoms with E-state index in [-0.39, 0.29) is 12.0 Å². The molecule has 2 aromatic heterocycles. The minimum absolute atomic E-state index is 0.154. The second kappa shape index (κ2) is 7.66. The molecular formula is C23H29N5O3. The SMILES string of the molecule is CC(C)(C)OC(=O)N1CCC(c2nc(-c3ccc4cn(C5CCC5)nc4c3)no2)CC1. The van der Waals surface area contributed by atoms with Gasteiger partial charge in [-0.2, -0.15) is 10.1 Å². The van der Waals surface area contributed by atoms with Gasteiger partial charge in [0.2, 0.25) is 11.7 Å². The maximum atomic E-state index is 12.3. The lowest BCUT2D eigenvalue weighted by Crippen LogP contribution is -2.41. The van der Waals surface area contributed by atoms with Crippen molar-refractivity contribution in [1.29, 1.82) is 0 Å². The molecule has 1 saturated carbocycles. The molecule has 0 N–H and O–H groups in total. The molecule has 2 aliphatic rings. The Morgan fingerprint density at radius 2 is 1.94 bits per heavy atom. The van der Waals surface area contributed by atoms with E-state index in [1.54, 1.807) is 4.90 Å². The van der Waals surface area contributed by atoms with Crippen LogP contribution in [0.5, 0.6) is 0 Å². The van der Waals surface area contributed by atoms with Crippen LogP contribution in [0, 0.1) is 0 Å². The van der Waals surface area contributed by atoms with Crippen molar-refractivity contribution in [3.05, 3.63) is 30.3 Å². The number of likely N-dealkylation sites (tertiary alicyclic amines) is 1. The first-order valence-corrected chi connectivity index (χ1v) is 11.2. The monoisotopic (exact) mass is 423 g/mol. The fourth-order valence-corrected chi connectivity index (χ4v) is 4.17. The molecule has 31 heavy (non-hydrogen) atoms. The number of aromatic nitrogens is 4. The summed E-state index contributed by atoms with van der Waals surface area (Å²) in [6, 6.07) is 6.67. The predicted molar refractivity (Wildman–Crippen MR) is 116 cm³/mol. The third-order valence-electron chi connectivity index (χ3n) is 6.17. The molecule has 164 valence electrons. The van der Waals surface area contributed by atoms with Crippen LogP contribution >= 0.6 is 0 Å². The van der Waals surface area contributed by atoms with Crippen LogP contribution in [0.4, 0.5) is 4.79 Å². The zero-order chi connectivity index (χ0) is 21.6. The first-order valence-electron chi connectivity index (χ1n) is 11.2. The Morgan fingerprint density at radius 3 is 2.61 bits per heavy atom. The normalized spacial score (nSPS) is 18.4. The summed E-state index contributed by atoms with van der Waals surface area (Å²) in [5.41, 5.74) is 1.39. The molecule has 8 nitrogen and oxygen atoms in total. The molecule has 3 aromatic rings. The lowest BCUT2D eigenvalue weighted by Gasteiger charge is -2.32. The highest BCUT2D eigenvalue weighted by molar-refractivity contribution is 5.82. The number of ether oxygens (including phenoxy) is 1. The fourth-order valence-electron chi connectivity index (χ4n) is 4.17.